The van der Waals surface area contributed by atoms with Gasteiger partial charge in [-0.25, -0.2) is 9.78 Å². The molecule has 0 saturated heterocycles. The zero-order valence-corrected chi connectivity index (χ0v) is 22.4. The van der Waals surface area contributed by atoms with E-state index in [2.05, 4.69) is 38.8 Å². The molecule has 0 saturated carbocycles. The van der Waals surface area contributed by atoms with Gasteiger partial charge in [-0.3, -0.25) is 15.2 Å². The molecule has 4 rings (SSSR count). The molecule has 1 amide bonds. The van der Waals surface area contributed by atoms with Crippen LogP contribution in [0.1, 0.15) is 68.5 Å². The summed E-state index contributed by atoms with van der Waals surface area (Å²) in [5.74, 6) is 1.88. The third kappa shape index (κ3) is 7.41. The average molecular weight is 504 g/mol. The fourth-order valence-corrected chi connectivity index (χ4v) is 4.66. The van der Waals surface area contributed by atoms with Gasteiger partial charge in [-0.15, -0.1) is 0 Å². The summed E-state index contributed by atoms with van der Waals surface area (Å²) < 4.78 is 5.35. The molecular weight excluding hydrogens is 466 g/mol. The van der Waals surface area contributed by atoms with Crippen LogP contribution in [0.15, 0.2) is 36.5 Å². The summed E-state index contributed by atoms with van der Waals surface area (Å²) in [5.41, 5.74) is 5.82. The lowest BCUT2D eigenvalue weighted by Gasteiger charge is -2.20. The minimum Gasteiger partial charge on any atom is -0.444 e. The first-order valence-corrected chi connectivity index (χ1v) is 12.9. The van der Waals surface area contributed by atoms with Crippen molar-refractivity contribution in [1.82, 2.24) is 15.2 Å². The molecule has 1 aliphatic rings. The number of Topliss-reactive ketones (excluding diaryl/α,β-unsaturated/α-hetero) is 1. The number of carbonyl (C=O) groups is 2. The topological polar surface area (TPSA) is 109 Å². The van der Waals surface area contributed by atoms with Gasteiger partial charge in [0.1, 0.15) is 23.0 Å². The highest BCUT2D eigenvalue weighted by Gasteiger charge is 2.21. The van der Waals surface area contributed by atoms with Gasteiger partial charge in [0.05, 0.1) is 5.69 Å². The number of nitrogens with one attached hydrogen (secondary N) is 3. The molecule has 0 aliphatic heterocycles. The third-order valence-electron chi connectivity index (χ3n) is 6.66. The monoisotopic (exact) mass is 503 g/mol. The fourth-order valence-electron chi connectivity index (χ4n) is 4.66. The van der Waals surface area contributed by atoms with Crippen LogP contribution in [0.5, 0.6) is 0 Å². The summed E-state index contributed by atoms with van der Waals surface area (Å²) in [4.78, 5) is 28.7. The number of nitrogens with zero attached hydrogens (tertiary/aromatic N) is 2. The number of pyridine rings is 1. The van der Waals surface area contributed by atoms with Gasteiger partial charge < -0.3 is 10.1 Å². The van der Waals surface area contributed by atoms with E-state index >= 15 is 0 Å². The number of hydrogen-bond acceptors (Lipinski definition) is 6. The molecule has 1 aromatic carbocycles. The maximum absolute atomic E-state index is 12.1. The number of carbonyl (C=O) groups excluding carboxylic acids is 2. The molecular formula is C29H37N5O3. The highest BCUT2D eigenvalue weighted by molar-refractivity contribution is 5.85. The third-order valence-corrected chi connectivity index (χ3v) is 6.66. The molecule has 1 unspecified atom stereocenters. The summed E-state index contributed by atoms with van der Waals surface area (Å²) >= 11 is 0. The number of H-pyrrole nitrogens is 1. The van der Waals surface area contributed by atoms with Crippen molar-refractivity contribution in [3.63, 3.8) is 0 Å². The molecule has 8 heteroatoms. The van der Waals surface area contributed by atoms with Crippen LogP contribution in [0.25, 0.3) is 0 Å². The molecule has 0 spiro atoms. The second-order valence-electron chi connectivity index (χ2n) is 10.9. The van der Waals surface area contributed by atoms with E-state index in [4.69, 9.17) is 4.74 Å². The van der Waals surface area contributed by atoms with Crippen molar-refractivity contribution in [3.05, 3.63) is 64.5 Å². The summed E-state index contributed by atoms with van der Waals surface area (Å²) in [6.07, 6.45) is 6.69. The predicted molar refractivity (Wildman–Crippen MR) is 145 cm³/mol. The van der Waals surface area contributed by atoms with Gasteiger partial charge in [0.2, 0.25) is 0 Å². The van der Waals surface area contributed by atoms with Crippen molar-refractivity contribution in [2.45, 2.75) is 78.7 Å². The molecule has 3 aromatic rings. The Bertz CT molecular complexity index is 1270. The number of aromatic amines is 1. The number of anilines is 3. The largest absolute Gasteiger partial charge is 0.444 e. The highest BCUT2D eigenvalue weighted by atomic mass is 16.6. The van der Waals surface area contributed by atoms with Crippen molar-refractivity contribution in [3.8, 4) is 0 Å². The van der Waals surface area contributed by atoms with Crippen LogP contribution >= 0.6 is 0 Å². The molecule has 1 atom stereocenters. The molecule has 0 radical (unpaired) electrons. The number of rotatable bonds is 7. The Morgan fingerprint density at radius 1 is 1.14 bits per heavy atom. The van der Waals surface area contributed by atoms with Gasteiger partial charge >= 0.3 is 6.09 Å². The summed E-state index contributed by atoms with van der Waals surface area (Å²) in [7, 11) is 0. The zero-order chi connectivity index (χ0) is 26.6. The molecule has 196 valence electrons. The highest BCUT2D eigenvalue weighted by Crippen LogP contribution is 2.27. The Labute approximate surface area is 218 Å². The van der Waals surface area contributed by atoms with Crippen LogP contribution in [0, 0.1) is 12.8 Å². The predicted octanol–water partition coefficient (Wildman–Crippen LogP) is 6.07. The second-order valence-corrected chi connectivity index (χ2v) is 10.9. The Morgan fingerprint density at radius 2 is 1.95 bits per heavy atom. The van der Waals surface area contributed by atoms with E-state index in [-0.39, 0.29) is 11.7 Å². The number of fused-ring (bicyclic) bond motifs is 1. The van der Waals surface area contributed by atoms with Crippen LogP contribution in [-0.2, 0) is 35.2 Å². The van der Waals surface area contributed by atoms with Gasteiger partial charge in [0, 0.05) is 23.9 Å². The second kappa shape index (κ2) is 11.2. The van der Waals surface area contributed by atoms with Crippen molar-refractivity contribution in [2.75, 3.05) is 10.6 Å². The van der Waals surface area contributed by atoms with Gasteiger partial charge in [-0.1, -0.05) is 6.07 Å². The Kier molecular flexibility index (Phi) is 7.95. The van der Waals surface area contributed by atoms with Gasteiger partial charge in [-0.2, -0.15) is 5.10 Å². The quantitative estimate of drug-likeness (QED) is 0.338. The van der Waals surface area contributed by atoms with Crippen LogP contribution in [0.2, 0.25) is 0 Å². The summed E-state index contributed by atoms with van der Waals surface area (Å²) in [6, 6.07) is 9.91. The van der Waals surface area contributed by atoms with Crippen molar-refractivity contribution in [1.29, 1.82) is 0 Å². The molecule has 0 fully saturated rings. The SMILES string of the molecule is CC(=O)C1CCCc2cnc(Nc3cc(CCc4cc(NC(=O)OC(C)(C)C)ccc4C)n[nH]3)cc2C1. The Balaban J connectivity index is 1.37. The average Bonchev–Trinajstić information content (AvgIpc) is 3.14. The molecule has 3 N–H and O–H groups in total. The van der Waals surface area contributed by atoms with Crippen LogP contribution in [0.4, 0.5) is 22.1 Å². The number of amides is 1. The molecule has 2 aromatic heterocycles. The zero-order valence-electron chi connectivity index (χ0n) is 22.4. The van der Waals surface area contributed by atoms with E-state index in [1.54, 1.807) is 6.92 Å². The van der Waals surface area contributed by atoms with Crippen molar-refractivity contribution in [2.24, 2.45) is 5.92 Å². The Morgan fingerprint density at radius 3 is 2.70 bits per heavy atom. The molecule has 2 heterocycles. The number of aryl methyl sites for hydroxylation is 4. The Hall–Kier alpha value is -3.68. The first-order valence-electron chi connectivity index (χ1n) is 12.9. The number of ketones is 1. The van der Waals surface area contributed by atoms with Gasteiger partial charge in [0.15, 0.2) is 0 Å². The van der Waals surface area contributed by atoms with E-state index < -0.39 is 11.7 Å². The van der Waals surface area contributed by atoms with E-state index in [1.165, 1.54) is 11.1 Å². The van der Waals surface area contributed by atoms with E-state index in [1.807, 2.05) is 51.2 Å². The van der Waals surface area contributed by atoms with Gasteiger partial charge in [0.25, 0.3) is 0 Å². The smallest absolute Gasteiger partial charge is 0.412 e. The normalized spacial score (nSPS) is 15.4. The molecule has 37 heavy (non-hydrogen) atoms. The minimum absolute atomic E-state index is 0.0940. The van der Waals surface area contributed by atoms with E-state index in [9.17, 15) is 9.59 Å². The lowest BCUT2D eigenvalue weighted by atomic mass is 9.94. The van der Waals surface area contributed by atoms with E-state index in [0.29, 0.717) is 5.69 Å². The van der Waals surface area contributed by atoms with Gasteiger partial charge in [-0.05, 0) is 114 Å². The van der Waals surface area contributed by atoms with Crippen LogP contribution in [0.3, 0.4) is 0 Å². The van der Waals surface area contributed by atoms with Crippen molar-refractivity contribution < 1.29 is 14.3 Å². The lowest BCUT2D eigenvalue weighted by molar-refractivity contribution is -0.120. The number of benzene rings is 1. The first-order chi connectivity index (χ1) is 17.6. The standard InChI is InChI=1S/C29H37N5O3/c1-18-9-11-24(31-28(36)37-29(3,4)5)14-20(18)10-12-25-16-27(34-33-25)32-26-15-23-13-21(19(2)35)7-6-8-22(23)17-30-26/h9,11,14-17,21H,6-8,10,12-13H2,1-5H3,(H,31,36)(H2,30,32,33,34). The van der Waals surface area contributed by atoms with Crippen LogP contribution in [-0.4, -0.2) is 32.7 Å². The minimum atomic E-state index is -0.547. The number of ether oxygens (including phenoxy) is 1. The number of hydrogen-bond donors (Lipinski definition) is 3. The first kappa shape index (κ1) is 26.4. The maximum atomic E-state index is 12.1. The molecule has 1 aliphatic carbocycles. The van der Waals surface area contributed by atoms with E-state index in [0.717, 1.165) is 67.0 Å². The molecule has 8 nitrogen and oxygen atoms in total. The number of aromatic nitrogens is 3. The molecule has 0 bridgehead atoms. The van der Waals surface area contributed by atoms with Crippen LogP contribution < -0.4 is 10.6 Å². The summed E-state index contributed by atoms with van der Waals surface area (Å²) in [6.45, 7) is 9.27. The van der Waals surface area contributed by atoms with Crippen molar-refractivity contribution >= 4 is 29.2 Å². The maximum Gasteiger partial charge on any atom is 0.412 e. The summed E-state index contributed by atoms with van der Waals surface area (Å²) in [5, 5.41) is 13.6. The fraction of sp³-hybridized carbons (Fsp3) is 0.448. The lowest BCUT2D eigenvalue weighted by Crippen LogP contribution is -2.27.